The van der Waals surface area contributed by atoms with Gasteiger partial charge in [0.2, 0.25) is 0 Å². The Morgan fingerprint density at radius 2 is 1.69 bits per heavy atom. The van der Waals surface area contributed by atoms with Crippen molar-refractivity contribution in [2.45, 2.75) is 0 Å². The second-order valence-electron chi connectivity index (χ2n) is 5.72. The monoisotopic (exact) mass is 408 g/mol. The number of benzene rings is 2. The lowest BCUT2D eigenvalue weighted by Crippen LogP contribution is -2.34. The van der Waals surface area contributed by atoms with E-state index >= 15 is 0 Å². The topological polar surface area (TPSA) is 107 Å². The summed E-state index contributed by atoms with van der Waals surface area (Å²) < 4.78 is 18.9. The SMILES string of the molecule is N#Cc1ccc(C(=O)NC(=S)Nc2ccc(NC(=O)c3ccco3)cc2)c(F)c1. The van der Waals surface area contributed by atoms with Crippen LogP contribution >= 0.6 is 12.2 Å². The van der Waals surface area contributed by atoms with Crippen molar-refractivity contribution >= 4 is 40.5 Å². The molecule has 0 saturated carbocycles. The summed E-state index contributed by atoms with van der Waals surface area (Å²) in [5, 5.41) is 16.5. The summed E-state index contributed by atoms with van der Waals surface area (Å²) in [4.78, 5) is 24.1. The van der Waals surface area contributed by atoms with E-state index in [1.165, 1.54) is 18.4 Å². The highest BCUT2D eigenvalue weighted by Crippen LogP contribution is 2.15. The van der Waals surface area contributed by atoms with E-state index in [2.05, 4.69) is 16.0 Å². The fourth-order valence-electron chi connectivity index (χ4n) is 2.34. The van der Waals surface area contributed by atoms with Gasteiger partial charge >= 0.3 is 0 Å². The van der Waals surface area contributed by atoms with Crippen molar-refractivity contribution in [2.24, 2.45) is 0 Å². The van der Waals surface area contributed by atoms with Crippen molar-refractivity contribution in [3.8, 4) is 6.07 Å². The Hall–Kier alpha value is -4.03. The minimum Gasteiger partial charge on any atom is -0.459 e. The Kier molecular flexibility index (Phi) is 5.97. The number of halogens is 1. The summed E-state index contributed by atoms with van der Waals surface area (Å²) >= 11 is 5.06. The minimum atomic E-state index is -0.819. The first-order valence-corrected chi connectivity index (χ1v) is 8.64. The van der Waals surface area contributed by atoms with Crippen molar-refractivity contribution in [3.05, 3.63) is 83.6 Å². The first kappa shape index (κ1) is 19.7. The van der Waals surface area contributed by atoms with Crippen LogP contribution in [0.5, 0.6) is 0 Å². The Morgan fingerprint density at radius 1 is 1.00 bits per heavy atom. The summed E-state index contributed by atoms with van der Waals surface area (Å²) in [5.74, 6) is -1.76. The van der Waals surface area contributed by atoms with Crippen LogP contribution in [0.2, 0.25) is 0 Å². The van der Waals surface area contributed by atoms with Gasteiger partial charge in [-0.05, 0) is 66.8 Å². The van der Waals surface area contributed by atoms with Gasteiger partial charge in [0, 0.05) is 11.4 Å². The van der Waals surface area contributed by atoms with Crippen LogP contribution in [0.4, 0.5) is 15.8 Å². The number of carbonyl (C=O) groups is 2. The molecule has 3 N–H and O–H groups in total. The van der Waals surface area contributed by atoms with E-state index in [4.69, 9.17) is 21.9 Å². The van der Waals surface area contributed by atoms with Crippen molar-refractivity contribution < 1.29 is 18.4 Å². The maximum atomic E-state index is 13.9. The molecule has 144 valence electrons. The van der Waals surface area contributed by atoms with Crippen molar-refractivity contribution in [3.63, 3.8) is 0 Å². The molecule has 7 nitrogen and oxygen atoms in total. The third-order valence-electron chi connectivity index (χ3n) is 3.72. The van der Waals surface area contributed by atoms with E-state index in [1.54, 1.807) is 42.5 Å². The highest BCUT2D eigenvalue weighted by atomic mass is 32.1. The molecular weight excluding hydrogens is 395 g/mol. The van der Waals surface area contributed by atoms with Gasteiger partial charge in [-0.15, -0.1) is 0 Å². The molecule has 0 aliphatic heterocycles. The number of rotatable bonds is 4. The maximum absolute atomic E-state index is 13.9. The minimum absolute atomic E-state index is 0.0360. The molecule has 3 aromatic rings. The predicted molar refractivity (Wildman–Crippen MR) is 108 cm³/mol. The third-order valence-corrected chi connectivity index (χ3v) is 3.92. The van der Waals surface area contributed by atoms with Crippen LogP contribution in [0.25, 0.3) is 0 Å². The van der Waals surface area contributed by atoms with Gasteiger partial charge in [0.05, 0.1) is 23.5 Å². The summed E-state index contributed by atoms with van der Waals surface area (Å²) in [5.41, 5.74) is 0.960. The van der Waals surface area contributed by atoms with E-state index in [9.17, 15) is 14.0 Å². The van der Waals surface area contributed by atoms with Crippen molar-refractivity contribution in [1.82, 2.24) is 5.32 Å². The van der Waals surface area contributed by atoms with Crippen LogP contribution in [0.3, 0.4) is 0 Å². The number of hydrogen-bond acceptors (Lipinski definition) is 5. The first-order chi connectivity index (χ1) is 14.0. The lowest BCUT2D eigenvalue weighted by molar-refractivity contribution is 0.0971. The quantitative estimate of drug-likeness (QED) is 0.569. The van der Waals surface area contributed by atoms with E-state index in [0.29, 0.717) is 11.4 Å². The van der Waals surface area contributed by atoms with Crippen LogP contribution in [0.15, 0.2) is 65.3 Å². The fraction of sp³-hybridized carbons (Fsp3) is 0. The number of carbonyl (C=O) groups excluding carboxylic acids is 2. The van der Waals surface area contributed by atoms with Crippen LogP contribution in [0, 0.1) is 17.1 Å². The molecule has 1 heterocycles. The molecule has 0 atom stereocenters. The lowest BCUT2D eigenvalue weighted by atomic mass is 10.1. The van der Waals surface area contributed by atoms with Crippen molar-refractivity contribution in [2.75, 3.05) is 10.6 Å². The number of anilines is 2. The molecular formula is C20H13FN4O3S. The van der Waals surface area contributed by atoms with Crippen LogP contribution in [-0.2, 0) is 0 Å². The normalized spacial score (nSPS) is 9.93. The highest BCUT2D eigenvalue weighted by molar-refractivity contribution is 7.80. The van der Waals surface area contributed by atoms with E-state index < -0.39 is 11.7 Å². The van der Waals surface area contributed by atoms with Crippen LogP contribution in [0.1, 0.15) is 26.5 Å². The summed E-state index contributed by atoms with van der Waals surface area (Å²) in [7, 11) is 0. The number of thiocarbonyl (C=S) groups is 1. The Balaban J connectivity index is 1.57. The molecule has 0 saturated heterocycles. The van der Waals surface area contributed by atoms with Crippen molar-refractivity contribution in [1.29, 1.82) is 5.26 Å². The lowest BCUT2D eigenvalue weighted by Gasteiger charge is -2.11. The highest BCUT2D eigenvalue weighted by Gasteiger charge is 2.14. The smallest absolute Gasteiger partial charge is 0.291 e. The summed E-state index contributed by atoms with van der Waals surface area (Å²) in [6.45, 7) is 0. The number of furan rings is 1. The van der Waals surface area contributed by atoms with Gasteiger partial charge in [0.1, 0.15) is 5.82 Å². The zero-order chi connectivity index (χ0) is 20.8. The van der Waals surface area contributed by atoms with Crippen LogP contribution < -0.4 is 16.0 Å². The second kappa shape index (κ2) is 8.77. The molecule has 0 unspecified atom stereocenters. The number of hydrogen-bond donors (Lipinski definition) is 3. The van der Waals surface area contributed by atoms with Gasteiger partial charge in [0.15, 0.2) is 10.9 Å². The van der Waals surface area contributed by atoms with E-state index in [-0.39, 0.29) is 27.9 Å². The van der Waals surface area contributed by atoms with E-state index in [0.717, 1.165) is 6.07 Å². The molecule has 3 rings (SSSR count). The zero-order valence-electron chi connectivity index (χ0n) is 14.7. The number of nitrogens with zero attached hydrogens (tertiary/aromatic N) is 1. The summed E-state index contributed by atoms with van der Waals surface area (Å²) in [6, 6.07) is 15.0. The molecule has 0 spiro atoms. The zero-order valence-corrected chi connectivity index (χ0v) is 15.5. The molecule has 0 aliphatic carbocycles. The second-order valence-corrected chi connectivity index (χ2v) is 6.13. The molecule has 2 amide bonds. The number of nitriles is 1. The fourth-order valence-corrected chi connectivity index (χ4v) is 2.55. The Bertz CT molecular complexity index is 1110. The molecule has 0 aliphatic rings. The van der Waals surface area contributed by atoms with E-state index in [1.807, 2.05) is 0 Å². The Labute approximate surface area is 170 Å². The molecule has 2 aromatic carbocycles. The molecule has 29 heavy (non-hydrogen) atoms. The first-order valence-electron chi connectivity index (χ1n) is 8.23. The number of amides is 2. The molecule has 0 radical (unpaired) electrons. The standard InChI is InChI=1S/C20H13FN4O3S/c21-16-10-12(11-22)3-8-15(16)18(26)25-20(29)24-14-6-4-13(5-7-14)23-19(27)17-2-1-9-28-17/h1-10H,(H,23,27)(H2,24,25,26,29). The van der Waals surface area contributed by atoms with Gasteiger partial charge in [0.25, 0.3) is 11.8 Å². The van der Waals surface area contributed by atoms with Gasteiger partial charge in [-0.25, -0.2) is 4.39 Å². The molecule has 1 aromatic heterocycles. The Morgan fingerprint density at radius 3 is 2.28 bits per heavy atom. The number of nitrogens with one attached hydrogen (secondary N) is 3. The summed E-state index contributed by atoms with van der Waals surface area (Å²) in [6.07, 6.45) is 1.40. The molecule has 0 fully saturated rings. The molecule has 9 heteroatoms. The van der Waals surface area contributed by atoms with Gasteiger partial charge in [-0.2, -0.15) is 5.26 Å². The third kappa shape index (κ3) is 5.03. The van der Waals surface area contributed by atoms with Gasteiger partial charge < -0.3 is 15.1 Å². The predicted octanol–water partition coefficient (Wildman–Crippen LogP) is 3.67. The van der Waals surface area contributed by atoms with Gasteiger partial charge in [-0.1, -0.05) is 0 Å². The van der Waals surface area contributed by atoms with Crippen LogP contribution in [-0.4, -0.2) is 16.9 Å². The average molecular weight is 408 g/mol. The maximum Gasteiger partial charge on any atom is 0.291 e. The largest absolute Gasteiger partial charge is 0.459 e. The van der Waals surface area contributed by atoms with Gasteiger partial charge in [-0.3, -0.25) is 14.9 Å². The average Bonchev–Trinajstić information content (AvgIpc) is 3.24. The molecule has 0 bridgehead atoms.